The van der Waals surface area contributed by atoms with Crippen LogP contribution in [0.15, 0.2) is 16.5 Å². The van der Waals surface area contributed by atoms with E-state index >= 15 is 0 Å². The third-order valence-electron chi connectivity index (χ3n) is 3.72. The molecule has 0 aliphatic heterocycles. The van der Waals surface area contributed by atoms with Crippen molar-refractivity contribution in [2.24, 2.45) is 5.92 Å². The predicted molar refractivity (Wildman–Crippen MR) is 73.2 cm³/mol. The predicted octanol–water partition coefficient (Wildman–Crippen LogP) is 3.89. The normalized spacial score (nSPS) is 16.4. The molecular formula is C15H23NO2. The van der Waals surface area contributed by atoms with E-state index in [1.165, 1.54) is 25.7 Å². The van der Waals surface area contributed by atoms with Gasteiger partial charge in [0, 0.05) is 18.7 Å². The molecule has 18 heavy (non-hydrogen) atoms. The molecule has 0 N–H and O–H groups in total. The fraction of sp³-hybridized carbons (Fsp3) is 0.667. The Hall–Kier alpha value is -1.25. The summed E-state index contributed by atoms with van der Waals surface area (Å²) in [6, 6.07) is 4.29. The molecule has 1 aromatic heterocycles. The van der Waals surface area contributed by atoms with Gasteiger partial charge in [-0.15, -0.1) is 0 Å². The summed E-state index contributed by atoms with van der Waals surface area (Å²) in [5.74, 6) is 1.98. The summed E-state index contributed by atoms with van der Waals surface area (Å²) in [5, 5.41) is 0. The lowest BCUT2D eigenvalue weighted by Gasteiger charge is -2.29. The van der Waals surface area contributed by atoms with Crippen molar-refractivity contribution in [2.75, 3.05) is 11.4 Å². The topological polar surface area (TPSA) is 33.5 Å². The molecule has 1 saturated carbocycles. The molecular weight excluding hydrogens is 226 g/mol. The second-order valence-electron chi connectivity index (χ2n) is 5.61. The first-order chi connectivity index (χ1) is 8.70. The molecule has 0 amide bonds. The zero-order chi connectivity index (χ0) is 13.0. The van der Waals surface area contributed by atoms with Crippen molar-refractivity contribution in [2.45, 2.75) is 52.0 Å². The van der Waals surface area contributed by atoms with Gasteiger partial charge in [-0.2, -0.15) is 0 Å². The van der Waals surface area contributed by atoms with Crippen LogP contribution < -0.4 is 4.90 Å². The van der Waals surface area contributed by atoms with E-state index in [1.807, 2.05) is 6.07 Å². The number of aldehydes is 1. The summed E-state index contributed by atoms with van der Waals surface area (Å²) in [6.07, 6.45) is 7.05. The minimum Gasteiger partial charge on any atom is -0.438 e. The van der Waals surface area contributed by atoms with Gasteiger partial charge in [-0.1, -0.05) is 26.7 Å². The van der Waals surface area contributed by atoms with Crippen LogP contribution in [0.4, 0.5) is 5.88 Å². The summed E-state index contributed by atoms with van der Waals surface area (Å²) in [5.41, 5.74) is 0. The minimum absolute atomic E-state index is 0.428. The van der Waals surface area contributed by atoms with E-state index < -0.39 is 0 Å². The van der Waals surface area contributed by atoms with Crippen LogP contribution in [0.3, 0.4) is 0 Å². The minimum atomic E-state index is 0.428. The highest BCUT2D eigenvalue weighted by Gasteiger charge is 2.24. The van der Waals surface area contributed by atoms with Crippen molar-refractivity contribution >= 4 is 12.2 Å². The lowest BCUT2D eigenvalue weighted by atomic mass is 10.1. The zero-order valence-corrected chi connectivity index (χ0v) is 11.4. The molecule has 0 radical (unpaired) electrons. The van der Waals surface area contributed by atoms with Gasteiger partial charge < -0.3 is 9.32 Å². The van der Waals surface area contributed by atoms with Crippen LogP contribution in [0.1, 0.15) is 56.5 Å². The van der Waals surface area contributed by atoms with Gasteiger partial charge >= 0.3 is 0 Å². The number of carbonyl (C=O) groups excluding carboxylic acids is 1. The smallest absolute Gasteiger partial charge is 0.196 e. The van der Waals surface area contributed by atoms with E-state index in [1.54, 1.807) is 6.07 Å². The largest absolute Gasteiger partial charge is 0.438 e. The first kappa shape index (κ1) is 13.2. The molecule has 2 rings (SSSR count). The molecule has 0 atom stereocenters. The van der Waals surface area contributed by atoms with E-state index in [2.05, 4.69) is 18.7 Å². The SMILES string of the molecule is CC(C)CCN(c1ccc(C=O)o1)C1CCCC1. The van der Waals surface area contributed by atoms with Crippen LogP contribution in [0, 0.1) is 5.92 Å². The molecule has 1 aromatic rings. The van der Waals surface area contributed by atoms with Crippen LogP contribution in [-0.4, -0.2) is 18.9 Å². The average molecular weight is 249 g/mol. The highest BCUT2D eigenvalue weighted by molar-refractivity contribution is 5.71. The quantitative estimate of drug-likeness (QED) is 0.717. The Labute approximate surface area is 109 Å². The number of anilines is 1. The molecule has 3 nitrogen and oxygen atoms in total. The van der Waals surface area contributed by atoms with Gasteiger partial charge in [0.25, 0.3) is 0 Å². The molecule has 1 aliphatic rings. The second kappa shape index (κ2) is 6.07. The fourth-order valence-electron chi connectivity index (χ4n) is 2.65. The maximum Gasteiger partial charge on any atom is 0.196 e. The van der Waals surface area contributed by atoms with Crippen LogP contribution in [-0.2, 0) is 0 Å². The standard InChI is InChI=1S/C15H23NO2/c1-12(2)9-10-16(13-5-3-4-6-13)15-8-7-14(11-17)18-15/h7-8,11-13H,3-6,9-10H2,1-2H3. The van der Waals surface area contributed by atoms with Gasteiger partial charge in [-0.25, -0.2) is 0 Å². The number of carbonyl (C=O) groups is 1. The lowest BCUT2D eigenvalue weighted by molar-refractivity contribution is 0.110. The van der Waals surface area contributed by atoms with Gasteiger partial charge in [0.2, 0.25) is 0 Å². The number of rotatable bonds is 6. The first-order valence-electron chi connectivity index (χ1n) is 7.02. The van der Waals surface area contributed by atoms with Gasteiger partial charge in [-0.3, -0.25) is 4.79 Å². The van der Waals surface area contributed by atoms with Crippen LogP contribution in [0.5, 0.6) is 0 Å². The Morgan fingerprint density at radius 2 is 2.11 bits per heavy atom. The Kier molecular flexibility index (Phi) is 4.45. The van der Waals surface area contributed by atoms with E-state index in [4.69, 9.17) is 4.42 Å². The van der Waals surface area contributed by atoms with Gasteiger partial charge in [0.05, 0.1) is 0 Å². The molecule has 1 fully saturated rings. The molecule has 0 bridgehead atoms. The van der Waals surface area contributed by atoms with Crippen molar-refractivity contribution in [1.82, 2.24) is 0 Å². The van der Waals surface area contributed by atoms with Crippen LogP contribution in [0.2, 0.25) is 0 Å². The van der Waals surface area contributed by atoms with Crippen molar-refractivity contribution in [1.29, 1.82) is 0 Å². The van der Waals surface area contributed by atoms with Gasteiger partial charge in [0.15, 0.2) is 17.9 Å². The molecule has 0 unspecified atom stereocenters. The highest BCUT2D eigenvalue weighted by atomic mass is 16.4. The van der Waals surface area contributed by atoms with Gasteiger partial charge in [-0.05, 0) is 31.2 Å². The van der Waals surface area contributed by atoms with Crippen molar-refractivity contribution in [3.05, 3.63) is 17.9 Å². The Balaban J connectivity index is 2.09. The van der Waals surface area contributed by atoms with Crippen LogP contribution in [0.25, 0.3) is 0 Å². The van der Waals surface area contributed by atoms with Crippen LogP contribution >= 0.6 is 0 Å². The monoisotopic (exact) mass is 249 g/mol. The summed E-state index contributed by atoms with van der Waals surface area (Å²) in [7, 11) is 0. The number of hydrogen-bond donors (Lipinski definition) is 0. The van der Waals surface area contributed by atoms with Gasteiger partial charge in [0.1, 0.15) is 0 Å². The molecule has 100 valence electrons. The van der Waals surface area contributed by atoms with E-state index in [9.17, 15) is 4.79 Å². The Morgan fingerprint density at radius 1 is 1.39 bits per heavy atom. The molecule has 1 aliphatic carbocycles. The molecule has 3 heteroatoms. The Bertz CT molecular complexity index is 378. The summed E-state index contributed by atoms with van der Waals surface area (Å²) < 4.78 is 5.60. The molecule has 1 heterocycles. The maximum absolute atomic E-state index is 10.7. The lowest BCUT2D eigenvalue weighted by Crippen LogP contribution is -2.34. The summed E-state index contributed by atoms with van der Waals surface area (Å²) in [4.78, 5) is 13.1. The first-order valence-corrected chi connectivity index (χ1v) is 7.02. The fourth-order valence-corrected chi connectivity index (χ4v) is 2.65. The third kappa shape index (κ3) is 3.15. The van der Waals surface area contributed by atoms with E-state index in [0.717, 1.165) is 25.1 Å². The molecule has 0 spiro atoms. The zero-order valence-electron chi connectivity index (χ0n) is 11.4. The molecule has 0 saturated heterocycles. The highest BCUT2D eigenvalue weighted by Crippen LogP contribution is 2.29. The van der Waals surface area contributed by atoms with E-state index in [-0.39, 0.29) is 0 Å². The number of hydrogen-bond acceptors (Lipinski definition) is 3. The average Bonchev–Trinajstić information content (AvgIpc) is 2.99. The van der Waals surface area contributed by atoms with Crippen molar-refractivity contribution < 1.29 is 9.21 Å². The molecule has 0 aromatic carbocycles. The Morgan fingerprint density at radius 3 is 2.67 bits per heavy atom. The maximum atomic E-state index is 10.7. The summed E-state index contributed by atoms with van der Waals surface area (Å²) in [6.45, 7) is 5.51. The number of furan rings is 1. The van der Waals surface area contributed by atoms with Crippen molar-refractivity contribution in [3.63, 3.8) is 0 Å². The van der Waals surface area contributed by atoms with Crippen molar-refractivity contribution in [3.8, 4) is 0 Å². The number of nitrogens with zero attached hydrogens (tertiary/aromatic N) is 1. The van der Waals surface area contributed by atoms with E-state index in [0.29, 0.717) is 17.7 Å². The second-order valence-corrected chi connectivity index (χ2v) is 5.61. The third-order valence-corrected chi connectivity index (χ3v) is 3.72. The summed E-state index contributed by atoms with van der Waals surface area (Å²) >= 11 is 0.